The molecule has 0 aromatic carbocycles. The van der Waals surface area contributed by atoms with E-state index in [9.17, 15) is 0 Å². The van der Waals surface area contributed by atoms with Gasteiger partial charge in [0, 0.05) is 57.9 Å². The van der Waals surface area contributed by atoms with E-state index in [0.29, 0.717) is 5.92 Å². The minimum atomic E-state index is 0. The van der Waals surface area contributed by atoms with Crippen molar-refractivity contribution in [2.24, 2.45) is 18.0 Å². The van der Waals surface area contributed by atoms with Crippen LogP contribution < -0.4 is 5.32 Å². The zero-order chi connectivity index (χ0) is 19.9. The molecule has 0 unspecified atom stereocenters. The fourth-order valence-corrected chi connectivity index (χ4v) is 4.42. The number of hydrogen-bond acceptors (Lipinski definition) is 5. The van der Waals surface area contributed by atoms with Crippen LogP contribution in [0.4, 0.5) is 0 Å². The minimum Gasteiger partial charge on any atom is -0.356 e. The van der Waals surface area contributed by atoms with Gasteiger partial charge in [0.25, 0.3) is 0 Å². The van der Waals surface area contributed by atoms with Crippen LogP contribution in [0.1, 0.15) is 36.0 Å². The standard InChI is InChI=1S/C20H33N7S.HI/c1-5-19-24-18(15-28-19)14-27-8-6-16(7-9-27)10-22-20(21-2)25(3)12-17-11-23-26(4)13-17;/h11,13,15-16H,5-10,12,14H2,1-4H3,(H,21,22);1H. The number of nitrogens with one attached hydrogen (secondary N) is 1. The highest BCUT2D eigenvalue weighted by Crippen LogP contribution is 2.19. The third-order valence-electron chi connectivity index (χ3n) is 5.29. The third kappa shape index (κ3) is 7.21. The van der Waals surface area contributed by atoms with Crippen LogP contribution >= 0.6 is 35.3 Å². The lowest BCUT2D eigenvalue weighted by Gasteiger charge is -2.32. The van der Waals surface area contributed by atoms with Crippen LogP contribution in [0.3, 0.4) is 0 Å². The Bertz CT molecular complexity index is 764. The first-order chi connectivity index (χ1) is 13.6. The molecule has 0 saturated carbocycles. The Balaban J connectivity index is 0.00000300. The molecule has 1 saturated heterocycles. The van der Waals surface area contributed by atoms with E-state index in [1.165, 1.54) is 29.1 Å². The fourth-order valence-electron chi connectivity index (χ4n) is 3.68. The summed E-state index contributed by atoms with van der Waals surface area (Å²) < 4.78 is 1.84. The fraction of sp³-hybridized carbons (Fsp3) is 0.650. The number of aliphatic imine (C=N–C) groups is 1. The summed E-state index contributed by atoms with van der Waals surface area (Å²) in [5.74, 6) is 1.64. The molecule has 9 heteroatoms. The number of aromatic nitrogens is 3. The summed E-state index contributed by atoms with van der Waals surface area (Å²) in [5.41, 5.74) is 2.42. The van der Waals surface area contributed by atoms with Gasteiger partial charge >= 0.3 is 0 Å². The van der Waals surface area contributed by atoms with E-state index in [1.54, 1.807) is 11.3 Å². The second-order valence-electron chi connectivity index (χ2n) is 7.61. The largest absolute Gasteiger partial charge is 0.356 e. The van der Waals surface area contributed by atoms with Gasteiger partial charge in [0.05, 0.1) is 16.9 Å². The average Bonchev–Trinajstić information content (AvgIpc) is 3.32. The Morgan fingerprint density at radius 3 is 2.72 bits per heavy atom. The predicted molar refractivity (Wildman–Crippen MR) is 131 cm³/mol. The minimum absolute atomic E-state index is 0. The molecule has 2 aromatic heterocycles. The molecular formula is C20H34IN7S. The quantitative estimate of drug-likeness (QED) is 0.338. The van der Waals surface area contributed by atoms with E-state index >= 15 is 0 Å². The summed E-state index contributed by atoms with van der Waals surface area (Å²) in [6, 6.07) is 0. The second kappa shape index (κ2) is 11.8. The summed E-state index contributed by atoms with van der Waals surface area (Å²) in [4.78, 5) is 13.8. The first kappa shape index (κ1) is 24.1. The van der Waals surface area contributed by atoms with Crippen LogP contribution in [-0.2, 0) is 26.6 Å². The van der Waals surface area contributed by atoms with Crippen molar-refractivity contribution in [1.29, 1.82) is 0 Å². The van der Waals surface area contributed by atoms with Gasteiger partial charge in [-0.3, -0.25) is 14.6 Å². The van der Waals surface area contributed by atoms with Gasteiger partial charge in [-0.15, -0.1) is 35.3 Å². The molecule has 29 heavy (non-hydrogen) atoms. The molecule has 162 valence electrons. The van der Waals surface area contributed by atoms with Crippen molar-refractivity contribution in [3.63, 3.8) is 0 Å². The highest BCUT2D eigenvalue weighted by molar-refractivity contribution is 14.0. The molecule has 0 bridgehead atoms. The van der Waals surface area contributed by atoms with E-state index in [0.717, 1.165) is 45.1 Å². The molecule has 0 amide bonds. The van der Waals surface area contributed by atoms with E-state index in [1.807, 2.05) is 31.2 Å². The summed E-state index contributed by atoms with van der Waals surface area (Å²) >= 11 is 1.79. The molecule has 0 spiro atoms. The average molecular weight is 532 g/mol. The zero-order valence-electron chi connectivity index (χ0n) is 18.0. The van der Waals surface area contributed by atoms with Gasteiger partial charge in [-0.2, -0.15) is 5.10 Å². The van der Waals surface area contributed by atoms with E-state index in [4.69, 9.17) is 4.98 Å². The smallest absolute Gasteiger partial charge is 0.193 e. The number of guanidine groups is 1. The lowest BCUT2D eigenvalue weighted by molar-refractivity contribution is 0.176. The summed E-state index contributed by atoms with van der Waals surface area (Å²) in [5, 5.41) is 11.3. The van der Waals surface area contributed by atoms with E-state index < -0.39 is 0 Å². The molecule has 3 rings (SSSR count). The van der Waals surface area contributed by atoms with Gasteiger partial charge < -0.3 is 10.2 Å². The van der Waals surface area contributed by atoms with Crippen molar-refractivity contribution in [1.82, 2.24) is 29.9 Å². The lowest BCUT2D eigenvalue weighted by atomic mass is 9.97. The Hall–Kier alpha value is -1.20. The third-order valence-corrected chi connectivity index (χ3v) is 6.34. The van der Waals surface area contributed by atoms with Gasteiger partial charge in [0.2, 0.25) is 0 Å². The van der Waals surface area contributed by atoms with Crippen molar-refractivity contribution in [3.8, 4) is 0 Å². The van der Waals surface area contributed by atoms with Crippen LogP contribution in [0.2, 0.25) is 0 Å². The Morgan fingerprint density at radius 2 is 2.14 bits per heavy atom. The SMILES string of the molecule is CCc1nc(CN2CCC(CNC(=NC)N(C)Cc3cnn(C)c3)CC2)cs1.I. The van der Waals surface area contributed by atoms with Crippen LogP contribution in [0.5, 0.6) is 0 Å². The van der Waals surface area contributed by atoms with Crippen molar-refractivity contribution in [2.75, 3.05) is 33.7 Å². The Morgan fingerprint density at radius 1 is 1.38 bits per heavy atom. The first-order valence-electron chi connectivity index (χ1n) is 10.1. The number of likely N-dealkylation sites (tertiary alicyclic amines) is 1. The highest BCUT2D eigenvalue weighted by atomic mass is 127. The first-order valence-corrected chi connectivity index (χ1v) is 11.0. The van der Waals surface area contributed by atoms with Gasteiger partial charge in [0.15, 0.2) is 5.96 Å². The van der Waals surface area contributed by atoms with E-state index in [-0.39, 0.29) is 24.0 Å². The maximum absolute atomic E-state index is 4.71. The summed E-state index contributed by atoms with van der Waals surface area (Å²) in [6.07, 6.45) is 7.44. The monoisotopic (exact) mass is 531 g/mol. The van der Waals surface area contributed by atoms with Gasteiger partial charge in [0.1, 0.15) is 0 Å². The molecule has 0 aliphatic carbocycles. The van der Waals surface area contributed by atoms with Gasteiger partial charge in [-0.25, -0.2) is 4.98 Å². The molecule has 7 nitrogen and oxygen atoms in total. The van der Waals surface area contributed by atoms with Crippen LogP contribution in [0, 0.1) is 5.92 Å². The summed E-state index contributed by atoms with van der Waals surface area (Å²) in [7, 11) is 5.87. The predicted octanol–water partition coefficient (Wildman–Crippen LogP) is 2.98. The van der Waals surface area contributed by atoms with Crippen LogP contribution in [0.25, 0.3) is 0 Å². The molecule has 2 aromatic rings. The van der Waals surface area contributed by atoms with Crippen LogP contribution in [0.15, 0.2) is 22.8 Å². The van der Waals surface area contributed by atoms with E-state index in [2.05, 4.69) is 44.6 Å². The Labute approximate surface area is 195 Å². The number of hydrogen-bond donors (Lipinski definition) is 1. The summed E-state index contributed by atoms with van der Waals surface area (Å²) in [6.45, 7) is 7.24. The molecule has 0 atom stereocenters. The maximum atomic E-state index is 4.71. The molecule has 1 aliphatic heterocycles. The maximum Gasteiger partial charge on any atom is 0.193 e. The highest BCUT2D eigenvalue weighted by Gasteiger charge is 2.20. The van der Waals surface area contributed by atoms with Crippen LogP contribution in [-0.4, -0.2) is 64.3 Å². The number of halogens is 1. The molecular weight excluding hydrogens is 497 g/mol. The molecule has 3 heterocycles. The number of piperidine rings is 1. The molecule has 0 radical (unpaired) electrons. The number of nitrogens with zero attached hydrogens (tertiary/aromatic N) is 6. The lowest BCUT2D eigenvalue weighted by Crippen LogP contribution is -2.43. The van der Waals surface area contributed by atoms with Crippen molar-refractivity contribution in [3.05, 3.63) is 34.0 Å². The number of aryl methyl sites for hydroxylation is 2. The Kier molecular flexibility index (Phi) is 9.84. The van der Waals surface area contributed by atoms with Crippen molar-refractivity contribution >= 4 is 41.3 Å². The normalized spacial score (nSPS) is 15.9. The molecule has 1 fully saturated rings. The zero-order valence-corrected chi connectivity index (χ0v) is 21.1. The molecule has 1 aliphatic rings. The second-order valence-corrected chi connectivity index (χ2v) is 8.55. The number of rotatable bonds is 7. The topological polar surface area (TPSA) is 61.6 Å². The van der Waals surface area contributed by atoms with Gasteiger partial charge in [-0.1, -0.05) is 6.92 Å². The van der Waals surface area contributed by atoms with Crippen molar-refractivity contribution < 1.29 is 0 Å². The molecule has 1 N–H and O–H groups in total. The van der Waals surface area contributed by atoms with Gasteiger partial charge in [-0.05, 0) is 38.3 Å². The number of thiazole rings is 1. The van der Waals surface area contributed by atoms with Crippen molar-refractivity contribution in [2.45, 2.75) is 39.3 Å².